The van der Waals surface area contributed by atoms with Gasteiger partial charge in [-0.15, -0.1) is 0 Å². The minimum atomic E-state index is 0.281. The first kappa shape index (κ1) is 15.3. The van der Waals surface area contributed by atoms with Crippen molar-refractivity contribution in [1.82, 2.24) is 4.90 Å². The highest BCUT2D eigenvalue weighted by atomic mass is 16.5. The summed E-state index contributed by atoms with van der Waals surface area (Å²) in [7, 11) is 0. The molecule has 2 rings (SSSR count). The van der Waals surface area contributed by atoms with E-state index >= 15 is 0 Å². The largest absolute Gasteiger partial charge is 0.378 e. The standard InChI is InChI=1S/C16H32N2O/c1-4-19-15-6-9-18(10-7-15)16(12-17)8-5-13(2)14(3)11-16/h13-15H,4-12,17H2,1-3H3. The quantitative estimate of drug-likeness (QED) is 0.852. The van der Waals surface area contributed by atoms with Gasteiger partial charge in [-0.25, -0.2) is 0 Å². The minimum Gasteiger partial charge on any atom is -0.378 e. The molecule has 1 heterocycles. The van der Waals surface area contributed by atoms with Crippen molar-refractivity contribution in [3.63, 3.8) is 0 Å². The van der Waals surface area contributed by atoms with Crippen LogP contribution in [0.2, 0.25) is 0 Å². The predicted octanol–water partition coefficient (Wildman–Crippen LogP) is 2.64. The van der Waals surface area contributed by atoms with E-state index in [1.807, 2.05) is 0 Å². The van der Waals surface area contributed by atoms with Gasteiger partial charge in [0.15, 0.2) is 0 Å². The van der Waals surface area contributed by atoms with Crippen molar-refractivity contribution < 1.29 is 4.74 Å². The van der Waals surface area contributed by atoms with E-state index in [1.54, 1.807) is 0 Å². The third kappa shape index (κ3) is 3.32. The lowest BCUT2D eigenvalue weighted by Crippen LogP contribution is -2.59. The molecule has 0 aromatic heterocycles. The number of piperidine rings is 1. The van der Waals surface area contributed by atoms with Crippen molar-refractivity contribution in [3.8, 4) is 0 Å². The monoisotopic (exact) mass is 268 g/mol. The summed E-state index contributed by atoms with van der Waals surface area (Å²) in [5.41, 5.74) is 6.48. The fourth-order valence-electron chi connectivity index (χ4n) is 4.02. The lowest BCUT2D eigenvalue weighted by atomic mass is 9.70. The number of rotatable bonds is 4. The topological polar surface area (TPSA) is 38.5 Å². The molecular formula is C16H32N2O. The summed E-state index contributed by atoms with van der Waals surface area (Å²) in [6.45, 7) is 10.9. The van der Waals surface area contributed by atoms with Gasteiger partial charge in [-0.05, 0) is 50.9 Å². The third-order valence-electron chi connectivity index (χ3n) is 5.63. The molecule has 112 valence electrons. The summed E-state index contributed by atoms with van der Waals surface area (Å²) in [6.07, 6.45) is 6.75. The Morgan fingerprint density at radius 3 is 2.37 bits per heavy atom. The van der Waals surface area contributed by atoms with Crippen LogP contribution in [0.5, 0.6) is 0 Å². The number of nitrogens with zero attached hydrogens (tertiary/aromatic N) is 1. The molecule has 2 fully saturated rings. The van der Waals surface area contributed by atoms with Crippen molar-refractivity contribution >= 4 is 0 Å². The van der Waals surface area contributed by atoms with Crippen molar-refractivity contribution in [2.45, 2.75) is 64.5 Å². The molecule has 2 N–H and O–H groups in total. The molecule has 0 bridgehead atoms. The second-order valence-electron chi connectivity index (χ2n) is 6.77. The van der Waals surface area contributed by atoms with Gasteiger partial charge in [0.25, 0.3) is 0 Å². The number of hydrogen-bond acceptors (Lipinski definition) is 3. The Bertz CT molecular complexity index is 276. The van der Waals surface area contributed by atoms with E-state index in [4.69, 9.17) is 10.5 Å². The van der Waals surface area contributed by atoms with E-state index in [0.29, 0.717) is 6.10 Å². The Morgan fingerprint density at radius 1 is 1.16 bits per heavy atom. The molecule has 2 aliphatic rings. The van der Waals surface area contributed by atoms with Gasteiger partial charge in [0.05, 0.1) is 6.10 Å². The fraction of sp³-hybridized carbons (Fsp3) is 1.00. The Morgan fingerprint density at radius 2 is 1.84 bits per heavy atom. The van der Waals surface area contributed by atoms with Crippen LogP contribution in [0.3, 0.4) is 0 Å². The molecule has 0 aromatic carbocycles. The van der Waals surface area contributed by atoms with Crippen molar-refractivity contribution in [3.05, 3.63) is 0 Å². The Balaban J connectivity index is 1.95. The average Bonchev–Trinajstić information content (AvgIpc) is 2.43. The molecule has 1 saturated carbocycles. The predicted molar refractivity (Wildman–Crippen MR) is 80.2 cm³/mol. The molecule has 1 saturated heterocycles. The molecule has 0 amide bonds. The number of hydrogen-bond donors (Lipinski definition) is 1. The molecular weight excluding hydrogens is 236 g/mol. The van der Waals surface area contributed by atoms with Crippen LogP contribution in [0.15, 0.2) is 0 Å². The molecule has 3 atom stereocenters. The highest BCUT2D eigenvalue weighted by Gasteiger charge is 2.42. The minimum absolute atomic E-state index is 0.281. The van der Waals surface area contributed by atoms with Gasteiger partial charge in [-0.1, -0.05) is 13.8 Å². The zero-order valence-corrected chi connectivity index (χ0v) is 13.0. The first-order chi connectivity index (χ1) is 9.11. The lowest BCUT2D eigenvalue weighted by Gasteiger charge is -2.51. The van der Waals surface area contributed by atoms with Gasteiger partial charge in [0.2, 0.25) is 0 Å². The second kappa shape index (κ2) is 6.55. The van der Waals surface area contributed by atoms with E-state index in [9.17, 15) is 0 Å². The Hall–Kier alpha value is -0.120. The maximum absolute atomic E-state index is 6.20. The van der Waals surface area contributed by atoms with Crippen molar-refractivity contribution in [2.75, 3.05) is 26.2 Å². The smallest absolute Gasteiger partial charge is 0.0599 e. The maximum Gasteiger partial charge on any atom is 0.0599 e. The van der Waals surface area contributed by atoms with Crippen LogP contribution < -0.4 is 5.73 Å². The highest BCUT2D eigenvalue weighted by Crippen LogP contribution is 2.40. The van der Waals surface area contributed by atoms with Crippen LogP contribution in [-0.4, -0.2) is 42.8 Å². The third-order valence-corrected chi connectivity index (χ3v) is 5.63. The van der Waals surface area contributed by atoms with Gasteiger partial charge in [-0.2, -0.15) is 0 Å². The molecule has 0 spiro atoms. The lowest BCUT2D eigenvalue weighted by molar-refractivity contribution is -0.0406. The molecule has 3 unspecified atom stereocenters. The first-order valence-electron chi connectivity index (χ1n) is 8.18. The molecule has 1 aliphatic heterocycles. The zero-order valence-electron chi connectivity index (χ0n) is 13.0. The van der Waals surface area contributed by atoms with E-state index in [1.165, 1.54) is 45.2 Å². The molecule has 0 radical (unpaired) electrons. The summed E-state index contributed by atoms with van der Waals surface area (Å²) < 4.78 is 5.77. The van der Waals surface area contributed by atoms with Crippen LogP contribution in [0.1, 0.15) is 52.9 Å². The fourth-order valence-corrected chi connectivity index (χ4v) is 4.02. The summed E-state index contributed by atoms with van der Waals surface area (Å²) in [5.74, 6) is 1.67. The average molecular weight is 268 g/mol. The first-order valence-corrected chi connectivity index (χ1v) is 8.18. The van der Waals surface area contributed by atoms with Crippen LogP contribution >= 0.6 is 0 Å². The SMILES string of the molecule is CCOC1CCN(C2(CN)CCC(C)C(C)C2)CC1. The molecule has 0 aromatic rings. The molecule has 19 heavy (non-hydrogen) atoms. The Kier molecular flexibility index (Phi) is 5.27. The van der Waals surface area contributed by atoms with Crippen LogP contribution in [0.4, 0.5) is 0 Å². The number of likely N-dealkylation sites (tertiary alicyclic amines) is 1. The number of nitrogens with two attached hydrogens (primary N) is 1. The number of ether oxygens (including phenoxy) is 1. The van der Waals surface area contributed by atoms with Gasteiger partial charge < -0.3 is 10.5 Å². The molecule has 3 nitrogen and oxygen atoms in total. The van der Waals surface area contributed by atoms with E-state index in [2.05, 4.69) is 25.7 Å². The zero-order chi connectivity index (χ0) is 13.9. The maximum atomic E-state index is 6.20. The van der Waals surface area contributed by atoms with Gasteiger partial charge in [0, 0.05) is 31.8 Å². The summed E-state index contributed by atoms with van der Waals surface area (Å²) in [4.78, 5) is 2.69. The van der Waals surface area contributed by atoms with Gasteiger partial charge >= 0.3 is 0 Å². The van der Waals surface area contributed by atoms with Crippen LogP contribution in [0, 0.1) is 11.8 Å². The molecule has 1 aliphatic carbocycles. The summed E-state index contributed by atoms with van der Waals surface area (Å²) in [6, 6.07) is 0. The van der Waals surface area contributed by atoms with Gasteiger partial charge in [-0.3, -0.25) is 4.90 Å². The highest BCUT2D eigenvalue weighted by molar-refractivity contribution is 4.98. The van der Waals surface area contributed by atoms with Crippen molar-refractivity contribution in [1.29, 1.82) is 0 Å². The molecule has 3 heteroatoms. The van der Waals surface area contributed by atoms with Crippen LogP contribution in [0.25, 0.3) is 0 Å². The summed E-state index contributed by atoms with van der Waals surface area (Å²) >= 11 is 0. The Labute approximate surface area is 118 Å². The second-order valence-corrected chi connectivity index (χ2v) is 6.77. The summed E-state index contributed by atoms with van der Waals surface area (Å²) in [5, 5.41) is 0. The van der Waals surface area contributed by atoms with Gasteiger partial charge in [0.1, 0.15) is 0 Å². The van der Waals surface area contributed by atoms with Crippen LogP contribution in [-0.2, 0) is 4.74 Å². The van der Waals surface area contributed by atoms with E-state index < -0.39 is 0 Å². The normalized spacial score (nSPS) is 38.5. The van der Waals surface area contributed by atoms with E-state index in [-0.39, 0.29) is 5.54 Å². The van der Waals surface area contributed by atoms with Crippen molar-refractivity contribution in [2.24, 2.45) is 17.6 Å². The van der Waals surface area contributed by atoms with E-state index in [0.717, 1.165) is 25.0 Å².